The van der Waals surface area contributed by atoms with Gasteiger partial charge in [0.05, 0.1) is 5.56 Å². The van der Waals surface area contributed by atoms with E-state index in [4.69, 9.17) is 5.73 Å². The molecule has 0 spiro atoms. The Kier molecular flexibility index (Phi) is 3.64. The molecule has 0 saturated carbocycles. The van der Waals surface area contributed by atoms with Crippen LogP contribution < -0.4 is 5.73 Å². The highest BCUT2D eigenvalue weighted by Gasteiger charge is 2.36. The molecule has 0 aliphatic rings. The van der Waals surface area contributed by atoms with Gasteiger partial charge in [0.25, 0.3) is 0 Å². The average Bonchev–Trinajstić information content (AvgIpc) is 2.44. The fourth-order valence-electron chi connectivity index (χ4n) is 2.11. The summed E-state index contributed by atoms with van der Waals surface area (Å²) in [7, 11) is 0. The number of nitrogens with two attached hydrogens (primary N) is 1. The van der Waals surface area contributed by atoms with Gasteiger partial charge in [-0.3, -0.25) is 0 Å². The Hall–Kier alpha value is -1.78. The maximum atomic E-state index is 14.2. The summed E-state index contributed by atoms with van der Waals surface area (Å²) >= 11 is 0. The first-order chi connectivity index (χ1) is 9.00. The Labute approximate surface area is 110 Å². The van der Waals surface area contributed by atoms with E-state index in [0.717, 1.165) is 6.07 Å². The first-order valence-electron chi connectivity index (χ1n) is 5.93. The van der Waals surface area contributed by atoms with Gasteiger partial charge in [-0.1, -0.05) is 36.4 Å². The zero-order valence-electron chi connectivity index (χ0n) is 10.5. The third-order valence-corrected chi connectivity index (χ3v) is 3.24. The Bertz CT molecular complexity index is 586. The van der Waals surface area contributed by atoms with E-state index < -0.39 is 22.8 Å². The number of halogens is 2. The third kappa shape index (κ3) is 2.25. The molecule has 2 nitrogen and oxygen atoms in total. The normalized spacial score (nSPS) is 14.2. The number of hydrogen-bond acceptors (Lipinski definition) is 2. The van der Waals surface area contributed by atoms with Crippen molar-refractivity contribution in [1.29, 1.82) is 0 Å². The first kappa shape index (κ1) is 13.6. The average molecular weight is 263 g/mol. The fourth-order valence-corrected chi connectivity index (χ4v) is 2.11. The van der Waals surface area contributed by atoms with Gasteiger partial charge >= 0.3 is 0 Å². The van der Waals surface area contributed by atoms with Gasteiger partial charge in [0.2, 0.25) is 0 Å². The second-order valence-corrected chi connectivity index (χ2v) is 4.48. The Morgan fingerprint density at radius 2 is 1.74 bits per heavy atom. The predicted molar refractivity (Wildman–Crippen MR) is 69.6 cm³/mol. The van der Waals surface area contributed by atoms with Crippen LogP contribution in [0.25, 0.3) is 0 Å². The monoisotopic (exact) mass is 263 g/mol. The van der Waals surface area contributed by atoms with Crippen molar-refractivity contribution >= 4 is 0 Å². The van der Waals surface area contributed by atoms with Crippen molar-refractivity contribution in [2.45, 2.75) is 12.5 Å². The SMILES string of the molecule is Cc1ccc(F)c(C(O)(CN)c2ccccc2)c1F. The molecule has 3 N–H and O–H groups in total. The Morgan fingerprint density at radius 1 is 1.11 bits per heavy atom. The molecule has 0 saturated heterocycles. The lowest BCUT2D eigenvalue weighted by molar-refractivity contribution is 0.0816. The molecule has 2 rings (SSSR count). The van der Waals surface area contributed by atoms with E-state index in [0.29, 0.717) is 5.56 Å². The van der Waals surface area contributed by atoms with Crippen molar-refractivity contribution in [3.8, 4) is 0 Å². The van der Waals surface area contributed by atoms with Crippen molar-refractivity contribution in [3.05, 3.63) is 70.8 Å². The minimum Gasteiger partial charge on any atom is -0.379 e. The number of benzene rings is 2. The molecule has 1 atom stereocenters. The highest BCUT2D eigenvalue weighted by atomic mass is 19.1. The lowest BCUT2D eigenvalue weighted by atomic mass is 9.85. The van der Waals surface area contributed by atoms with Gasteiger partial charge < -0.3 is 10.8 Å². The molecule has 0 heterocycles. The van der Waals surface area contributed by atoms with E-state index >= 15 is 0 Å². The van der Waals surface area contributed by atoms with Gasteiger partial charge in [-0.15, -0.1) is 0 Å². The van der Waals surface area contributed by atoms with E-state index in [2.05, 4.69) is 0 Å². The smallest absolute Gasteiger partial charge is 0.135 e. The highest BCUT2D eigenvalue weighted by Crippen LogP contribution is 2.33. The lowest BCUT2D eigenvalue weighted by Gasteiger charge is -2.29. The second-order valence-electron chi connectivity index (χ2n) is 4.48. The minimum absolute atomic E-state index is 0.263. The topological polar surface area (TPSA) is 46.2 Å². The van der Waals surface area contributed by atoms with Crippen LogP contribution in [0.3, 0.4) is 0 Å². The standard InChI is InChI=1S/C15H15F2NO/c1-10-7-8-12(16)13(14(10)17)15(19,9-18)11-5-3-2-4-6-11/h2-8,19H,9,18H2,1H3. The zero-order chi connectivity index (χ0) is 14.0. The van der Waals surface area contributed by atoms with Crippen molar-refractivity contribution < 1.29 is 13.9 Å². The predicted octanol–water partition coefficient (Wildman–Crippen LogP) is 2.47. The van der Waals surface area contributed by atoms with Gasteiger partial charge in [0, 0.05) is 6.54 Å². The summed E-state index contributed by atoms with van der Waals surface area (Å²) in [5.41, 5.74) is 3.93. The molecule has 0 bridgehead atoms. The minimum atomic E-state index is -1.87. The summed E-state index contributed by atoms with van der Waals surface area (Å²) < 4.78 is 28.1. The summed E-state index contributed by atoms with van der Waals surface area (Å²) in [6.07, 6.45) is 0. The number of hydrogen-bond donors (Lipinski definition) is 2. The largest absolute Gasteiger partial charge is 0.379 e. The first-order valence-corrected chi connectivity index (χ1v) is 5.93. The van der Waals surface area contributed by atoms with Crippen LogP contribution in [0.4, 0.5) is 8.78 Å². The molecule has 19 heavy (non-hydrogen) atoms. The summed E-state index contributed by atoms with van der Waals surface area (Å²) in [4.78, 5) is 0. The van der Waals surface area contributed by atoms with Crippen molar-refractivity contribution in [3.63, 3.8) is 0 Å². The molecule has 0 radical (unpaired) electrons. The van der Waals surface area contributed by atoms with Crippen LogP contribution in [0.2, 0.25) is 0 Å². The van der Waals surface area contributed by atoms with Crippen LogP contribution in [0.15, 0.2) is 42.5 Å². The molecule has 0 aromatic heterocycles. The number of aryl methyl sites for hydroxylation is 1. The summed E-state index contributed by atoms with van der Waals surface area (Å²) in [5.74, 6) is -1.57. The van der Waals surface area contributed by atoms with Gasteiger partial charge in [-0.2, -0.15) is 0 Å². The van der Waals surface area contributed by atoms with Crippen LogP contribution in [0.1, 0.15) is 16.7 Å². The van der Waals surface area contributed by atoms with Gasteiger partial charge in [0.1, 0.15) is 17.2 Å². The summed E-state index contributed by atoms with van der Waals surface area (Å²) in [5, 5.41) is 10.6. The maximum Gasteiger partial charge on any atom is 0.135 e. The molecule has 0 aliphatic heterocycles. The third-order valence-electron chi connectivity index (χ3n) is 3.24. The zero-order valence-corrected chi connectivity index (χ0v) is 10.5. The van der Waals surface area contributed by atoms with Crippen molar-refractivity contribution in [1.82, 2.24) is 0 Å². The van der Waals surface area contributed by atoms with Crippen molar-refractivity contribution in [2.75, 3.05) is 6.54 Å². The quantitative estimate of drug-likeness (QED) is 0.893. The molecule has 2 aromatic carbocycles. The molecule has 0 aliphatic carbocycles. The van der Waals surface area contributed by atoms with Gasteiger partial charge in [-0.25, -0.2) is 8.78 Å². The molecule has 4 heteroatoms. The van der Waals surface area contributed by atoms with Crippen molar-refractivity contribution in [2.24, 2.45) is 5.73 Å². The van der Waals surface area contributed by atoms with Gasteiger partial charge in [-0.05, 0) is 24.1 Å². The molecule has 0 amide bonds. The van der Waals surface area contributed by atoms with E-state index in [-0.39, 0.29) is 12.1 Å². The van der Waals surface area contributed by atoms with E-state index in [1.54, 1.807) is 30.3 Å². The van der Waals surface area contributed by atoms with Crippen LogP contribution in [0.5, 0.6) is 0 Å². The molecular formula is C15H15F2NO. The van der Waals surface area contributed by atoms with Crippen LogP contribution >= 0.6 is 0 Å². The molecule has 0 fully saturated rings. The van der Waals surface area contributed by atoms with Gasteiger partial charge in [0.15, 0.2) is 0 Å². The van der Waals surface area contributed by atoms with Crippen LogP contribution in [-0.4, -0.2) is 11.7 Å². The van der Waals surface area contributed by atoms with E-state index in [9.17, 15) is 13.9 Å². The Balaban J connectivity index is 2.70. The fraction of sp³-hybridized carbons (Fsp3) is 0.200. The summed E-state index contributed by atoms with van der Waals surface area (Å²) in [6, 6.07) is 10.8. The molecule has 2 aromatic rings. The number of aliphatic hydroxyl groups is 1. The van der Waals surface area contributed by atoms with E-state index in [1.165, 1.54) is 13.0 Å². The molecule has 100 valence electrons. The van der Waals surface area contributed by atoms with E-state index in [1.807, 2.05) is 0 Å². The number of rotatable bonds is 3. The highest BCUT2D eigenvalue weighted by molar-refractivity contribution is 5.40. The second kappa shape index (κ2) is 5.07. The van der Waals surface area contributed by atoms with Crippen LogP contribution in [0, 0.1) is 18.6 Å². The van der Waals surface area contributed by atoms with Crippen LogP contribution in [-0.2, 0) is 5.60 Å². The lowest BCUT2D eigenvalue weighted by Crippen LogP contribution is -2.38. The molecule has 1 unspecified atom stereocenters. The molecular weight excluding hydrogens is 248 g/mol. The summed E-state index contributed by atoms with van der Waals surface area (Å²) in [6.45, 7) is 1.20. The Morgan fingerprint density at radius 3 is 2.32 bits per heavy atom. The maximum absolute atomic E-state index is 14.2.